The lowest BCUT2D eigenvalue weighted by Gasteiger charge is -2.21. The zero-order valence-corrected chi connectivity index (χ0v) is 14.9. The molecule has 1 aromatic heterocycles. The predicted molar refractivity (Wildman–Crippen MR) is 92.0 cm³/mol. The summed E-state index contributed by atoms with van der Waals surface area (Å²) >= 11 is 4.71. The molecule has 122 valence electrons. The molecule has 0 atom stereocenters. The van der Waals surface area contributed by atoms with Gasteiger partial charge in [-0.15, -0.1) is 11.3 Å². The lowest BCUT2D eigenvalue weighted by Crippen LogP contribution is -2.35. The first-order valence-electron chi connectivity index (χ1n) is 7.49. The number of benzene rings is 1. The molecule has 0 aliphatic carbocycles. The van der Waals surface area contributed by atoms with E-state index in [1.54, 1.807) is 6.20 Å². The Labute approximate surface area is 147 Å². The molecule has 7 heteroatoms. The van der Waals surface area contributed by atoms with Gasteiger partial charge < -0.3 is 4.90 Å². The molecule has 1 fully saturated rings. The van der Waals surface area contributed by atoms with Crippen molar-refractivity contribution in [2.75, 3.05) is 26.2 Å². The van der Waals surface area contributed by atoms with Gasteiger partial charge in [0, 0.05) is 32.7 Å². The van der Waals surface area contributed by atoms with Crippen LogP contribution in [0.1, 0.15) is 21.8 Å². The Bertz CT molecular complexity index is 676. The summed E-state index contributed by atoms with van der Waals surface area (Å²) in [5.41, 5.74) is 1.09. The van der Waals surface area contributed by atoms with Crippen molar-refractivity contribution in [3.8, 4) is 0 Å². The maximum absolute atomic E-state index is 13.0. The number of hydrogen-bond acceptors (Lipinski definition) is 4. The fourth-order valence-corrected chi connectivity index (χ4v) is 3.84. The van der Waals surface area contributed by atoms with E-state index >= 15 is 0 Å². The first kappa shape index (κ1) is 16.5. The van der Waals surface area contributed by atoms with Crippen molar-refractivity contribution in [2.24, 2.45) is 0 Å². The Morgan fingerprint density at radius 3 is 2.70 bits per heavy atom. The van der Waals surface area contributed by atoms with Crippen molar-refractivity contribution < 1.29 is 9.18 Å². The van der Waals surface area contributed by atoms with Crippen LogP contribution in [0.5, 0.6) is 0 Å². The van der Waals surface area contributed by atoms with Crippen molar-refractivity contribution in [1.82, 2.24) is 14.8 Å². The van der Waals surface area contributed by atoms with Gasteiger partial charge in [-0.05, 0) is 40.0 Å². The van der Waals surface area contributed by atoms with E-state index in [4.69, 9.17) is 0 Å². The monoisotopic (exact) mass is 397 g/mol. The van der Waals surface area contributed by atoms with Gasteiger partial charge >= 0.3 is 0 Å². The molecule has 1 aliphatic rings. The summed E-state index contributed by atoms with van der Waals surface area (Å²) < 4.78 is 13.8. The van der Waals surface area contributed by atoms with E-state index in [2.05, 4.69) is 25.8 Å². The topological polar surface area (TPSA) is 36.4 Å². The lowest BCUT2D eigenvalue weighted by atomic mass is 10.2. The molecular weight excluding hydrogens is 381 g/mol. The van der Waals surface area contributed by atoms with Gasteiger partial charge in [0.15, 0.2) is 5.01 Å². The van der Waals surface area contributed by atoms with E-state index in [9.17, 15) is 9.18 Å². The standard InChI is InChI=1S/C16H17BrFN3OS/c17-14-10-19-15(23-14)16(22)21-7-1-6-20(8-9-21)11-12-2-4-13(18)5-3-12/h2-5,10H,1,6-9,11H2. The van der Waals surface area contributed by atoms with E-state index in [0.717, 1.165) is 41.9 Å². The summed E-state index contributed by atoms with van der Waals surface area (Å²) in [6.07, 6.45) is 2.59. The molecule has 2 aromatic rings. The summed E-state index contributed by atoms with van der Waals surface area (Å²) in [7, 11) is 0. The molecule has 2 heterocycles. The van der Waals surface area contributed by atoms with Gasteiger partial charge in [-0.1, -0.05) is 12.1 Å². The zero-order valence-electron chi connectivity index (χ0n) is 12.5. The van der Waals surface area contributed by atoms with Crippen LogP contribution in [-0.4, -0.2) is 46.9 Å². The quantitative estimate of drug-likeness (QED) is 0.796. The minimum Gasteiger partial charge on any atom is -0.335 e. The van der Waals surface area contributed by atoms with Crippen molar-refractivity contribution >= 4 is 33.2 Å². The van der Waals surface area contributed by atoms with Crippen molar-refractivity contribution in [2.45, 2.75) is 13.0 Å². The molecule has 0 radical (unpaired) electrons. The van der Waals surface area contributed by atoms with E-state index < -0.39 is 0 Å². The summed E-state index contributed by atoms with van der Waals surface area (Å²) in [6, 6.07) is 6.61. The molecular formula is C16H17BrFN3OS. The number of hydrogen-bond donors (Lipinski definition) is 0. The highest BCUT2D eigenvalue weighted by Crippen LogP contribution is 2.21. The van der Waals surface area contributed by atoms with E-state index in [1.165, 1.54) is 23.5 Å². The molecule has 1 aromatic carbocycles. The Morgan fingerprint density at radius 2 is 2.00 bits per heavy atom. The normalized spacial score (nSPS) is 16.3. The first-order chi connectivity index (χ1) is 11.1. The highest BCUT2D eigenvalue weighted by atomic mass is 79.9. The molecule has 0 spiro atoms. The number of aromatic nitrogens is 1. The maximum Gasteiger partial charge on any atom is 0.282 e. The highest BCUT2D eigenvalue weighted by Gasteiger charge is 2.22. The molecule has 0 unspecified atom stereocenters. The number of carbonyl (C=O) groups is 1. The third kappa shape index (κ3) is 4.37. The van der Waals surface area contributed by atoms with E-state index in [0.29, 0.717) is 11.6 Å². The summed E-state index contributed by atoms with van der Waals surface area (Å²) in [5.74, 6) is -0.208. The molecule has 23 heavy (non-hydrogen) atoms. The second-order valence-electron chi connectivity index (χ2n) is 5.52. The minimum absolute atomic E-state index is 0.00401. The molecule has 3 rings (SSSR count). The predicted octanol–water partition coefficient (Wildman–Crippen LogP) is 3.39. The van der Waals surface area contributed by atoms with Gasteiger partial charge in [-0.3, -0.25) is 9.69 Å². The molecule has 1 aliphatic heterocycles. The molecule has 1 amide bonds. The van der Waals surface area contributed by atoms with Crippen molar-refractivity contribution in [1.29, 1.82) is 0 Å². The second kappa shape index (κ2) is 7.51. The third-order valence-corrected chi connectivity index (χ3v) is 5.32. The smallest absolute Gasteiger partial charge is 0.282 e. The molecule has 1 saturated heterocycles. The fourth-order valence-electron chi connectivity index (χ4n) is 2.67. The average molecular weight is 398 g/mol. The van der Waals surface area contributed by atoms with Gasteiger partial charge in [0.05, 0.1) is 9.98 Å². The molecule has 0 saturated carbocycles. The van der Waals surface area contributed by atoms with Crippen LogP contribution in [0.4, 0.5) is 4.39 Å². The number of halogens is 2. The van der Waals surface area contributed by atoms with Gasteiger partial charge in [0.25, 0.3) is 5.91 Å². The lowest BCUT2D eigenvalue weighted by molar-refractivity contribution is 0.0760. The third-order valence-electron chi connectivity index (χ3n) is 3.86. The minimum atomic E-state index is -0.212. The number of thiazole rings is 1. The zero-order chi connectivity index (χ0) is 16.2. The van der Waals surface area contributed by atoms with Crippen LogP contribution >= 0.6 is 27.3 Å². The van der Waals surface area contributed by atoms with Crippen molar-refractivity contribution in [3.63, 3.8) is 0 Å². The highest BCUT2D eigenvalue weighted by molar-refractivity contribution is 9.11. The van der Waals surface area contributed by atoms with Crippen LogP contribution in [0.2, 0.25) is 0 Å². The van der Waals surface area contributed by atoms with Crippen LogP contribution in [-0.2, 0) is 6.54 Å². The van der Waals surface area contributed by atoms with Gasteiger partial charge in [0.1, 0.15) is 5.82 Å². The Morgan fingerprint density at radius 1 is 1.22 bits per heavy atom. The molecule has 0 bridgehead atoms. The van der Waals surface area contributed by atoms with Crippen LogP contribution in [0.3, 0.4) is 0 Å². The van der Waals surface area contributed by atoms with Gasteiger partial charge in [-0.25, -0.2) is 9.37 Å². The molecule has 4 nitrogen and oxygen atoms in total. The SMILES string of the molecule is O=C(c1ncc(Br)s1)N1CCCN(Cc2ccc(F)cc2)CC1. The van der Waals surface area contributed by atoms with Crippen LogP contribution in [0.15, 0.2) is 34.2 Å². The van der Waals surface area contributed by atoms with Crippen LogP contribution in [0, 0.1) is 5.82 Å². The van der Waals surface area contributed by atoms with Crippen LogP contribution < -0.4 is 0 Å². The van der Waals surface area contributed by atoms with Crippen molar-refractivity contribution in [3.05, 3.63) is 50.6 Å². The van der Waals surface area contributed by atoms with E-state index in [-0.39, 0.29) is 11.7 Å². The van der Waals surface area contributed by atoms with E-state index in [1.807, 2.05) is 17.0 Å². The Balaban J connectivity index is 1.58. The van der Waals surface area contributed by atoms with Crippen LogP contribution in [0.25, 0.3) is 0 Å². The molecule has 0 N–H and O–H groups in total. The Kier molecular flexibility index (Phi) is 5.40. The fraction of sp³-hybridized carbons (Fsp3) is 0.375. The number of amides is 1. The summed E-state index contributed by atoms with van der Waals surface area (Å²) in [4.78, 5) is 20.8. The van der Waals surface area contributed by atoms with Gasteiger partial charge in [0.2, 0.25) is 0 Å². The summed E-state index contributed by atoms with van der Waals surface area (Å²) in [6.45, 7) is 3.97. The number of nitrogens with zero attached hydrogens (tertiary/aromatic N) is 3. The number of carbonyl (C=O) groups excluding carboxylic acids is 1. The maximum atomic E-state index is 13.0. The second-order valence-corrected chi connectivity index (χ2v) is 7.93. The average Bonchev–Trinajstić information content (AvgIpc) is 2.84. The van der Waals surface area contributed by atoms with Gasteiger partial charge in [-0.2, -0.15) is 0 Å². The Hall–Kier alpha value is -1.31. The largest absolute Gasteiger partial charge is 0.335 e. The summed E-state index contributed by atoms with van der Waals surface area (Å²) in [5, 5.41) is 0.531. The number of rotatable bonds is 3. The first-order valence-corrected chi connectivity index (χ1v) is 9.10.